The van der Waals surface area contributed by atoms with E-state index in [-0.39, 0.29) is 23.5 Å². The predicted molar refractivity (Wildman–Crippen MR) is 83.6 cm³/mol. The predicted octanol–water partition coefficient (Wildman–Crippen LogP) is -0.654. The van der Waals surface area contributed by atoms with Gasteiger partial charge in [-0.25, -0.2) is 12.7 Å². The lowest BCUT2D eigenvalue weighted by atomic mass is 10.3. The number of carbonyl (C=O) groups excluding carboxylic acids is 1. The second-order valence-corrected chi connectivity index (χ2v) is 7.79. The molecule has 0 aliphatic carbocycles. The molecule has 0 unspecified atom stereocenters. The Morgan fingerprint density at radius 1 is 1.39 bits per heavy atom. The molecule has 0 radical (unpaired) electrons. The smallest absolute Gasteiger partial charge is 0.251 e. The third-order valence-corrected chi connectivity index (χ3v) is 5.43. The Balaban J connectivity index is 2.23. The first-order valence-corrected chi connectivity index (χ1v) is 8.68. The highest BCUT2D eigenvalue weighted by atomic mass is 32.2. The fourth-order valence-corrected chi connectivity index (χ4v) is 3.21. The lowest BCUT2D eigenvalue weighted by Gasteiger charge is -2.31. The van der Waals surface area contributed by atoms with Gasteiger partial charge in [0.15, 0.2) is 0 Å². The van der Waals surface area contributed by atoms with Gasteiger partial charge in [0.05, 0.1) is 17.6 Å². The second-order valence-electron chi connectivity index (χ2n) is 5.64. The van der Waals surface area contributed by atoms with Crippen molar-refractivity contribution in [2.45, 2.75) is 24.5 Å². The van der Waals surface area contributed by atoms with Crippen LogP contribution >= 0.6 is 0 Å². The van der Waals surface area contributed by atoms with Crippen LogP contribution in [0.25, 0.3) is 0 Å². The summed E-state index contributed by atoms with van der Waals surface area (Å²) in [7, 11) is -0.841. The summed E-state index contributed by atoms with van der Waals surface area (Å²) < 4.78 is 31.8. The molecule has 1 saturated heterocycles. The van der Waals surface area contributed by atoms with Crippen LogP contribution in [0.5, 0.6) is 0 Å². The molecule has 0 N–H and O–H groups in total. The van der Waals surface area contributed by atoms with E-state index in [1.165, 1.54) is 26.4 Å². The van der Waals surface area contributed by atoms with Gasteiger partial charge < -0.3 is 14.2 Å². The number of hydrogen-bond acceptors (Lipinski definition) is 5. The maximum Gasteiger partial charge on any atom is 0.251 e. The van der Waals surface area contributed by atoms with E-state index >= 15 is 0 Å². The Hall–Kier alpha value is -1.71. The van der Waals surface area contributed by atoms with Crippen molar-refractivity contribution in [3.05, 3.63) is 28.7 Å². The summed E-state index contributed by atoms with van der Waals surface area (Å²) in [5.41, 5.74) is -0.419. The molecule has 1 aromatic rings. The van der Waals surface area contributed by atoms with Crippen molar-refractivity contribution >= 4 is 15.9 Å². The van der Waals surface area contributed by atoms with Crippen molar-refractivity contribution in [2.24, 2.45) is 0 Å². The summed E-state index contributed by atoms with van der Waals surface area (Å²) in [5, 5.41) is 0. The first-order chi connectivity index (χ1) is 10.7. The number of aromatic nitrogens is 1. The Bertz CT molecular complexity index is 741. The summed E-state index contributed by atoms with van der Waals surface area (Å²) >= 11 is 0. The third-order valence-electron chi connectivity index (χ3n) is 3.63. The zero-order valence-electron chi connectivity index (χ0n) is 13.4. The van der Waals surface area contributed by atoms with Crippen molar-refractivity contribution < 1.29 is 17.9 Å². The summed E-state index contributed by atoms with van der Waals surface area (Å²) in [5.74, 6) is -0.235. The van der Waals surface area contributed by atoms with Crippen LogP contribution in [0.1, 0.15) is 6.92 Å². The number of nitrogens with zero attached hydrogens (tertiary/aromatic N) is 3. The van der Waals surface area contributed by atoms with Gasteiger partial charge in [0, 0.05) is 39.4 Å². The van der Waals surface area contributed by atoms with E-state index in [0.29, 0.717) is 19.7 Å². The molecule has 1 aliphatic rings. The van der Waals surface area contributed by atoms with Crippen LogP contribution in [0.4, 0.5) is 0 Å². The van der Waals surface area contributed by atoms with Crippen LogP contribution in [0.15, 0.2) is 28.0 Å². The molecule has 128 valence electrons. The molecule has 1 atom stereocenters. The van der Waals surface area contributed by atoms with Crippen LogP contribution in [-0.2, 0) is 26.1 Å². The van der Waals surface area contributed by atoms with Crippen LogP contribution in [0.3, 0.4) is 0 Å². The molecule has 1 fully saturated rings. The SMILES string of the molecule is C[C@H]1CN(C(=O)Cn2cc(S(=O)(=O)N(C)C)ccc2=O)CCO1. The van der Waals surface area contributed by atoms with E-state index in [1.54, 1.807) is 4.90 Å². The highest BCUT2D eigenvalue weighted by Gasteiger charge is 2.23. The number of ether oxygens (including phenoxy) is 1. The largest absolute Gasteiger partial charge is 0.375 e. The quantitative estimate of drug-likeness (QED) is 0.724. The molecule has 0 spiro atoms. The van der Waals surface area contributed by atoms with Crippen molar-refractivity contribution in [1.82, 2.24) is 13.8 Å². The van der Waals surface area contributed by atoms with Gasteiger partial charge in [0.1, 0.15) is 6.54 Å². The number of rotatable bonds is 4. The average Bonchev–Trinajstić information content (AvgIpc) is 2.49. The van der Waals surface area contributed by atoms with E-state index in [2.05, 4.69) is 0 Å². The monoisotopic (exact) mass is 343 g/mol. The standard InChI is InChI=1S/C14H21N3O5S/c1-11-8-16(6-7-22-11)14(19)10-17-9-12(4-5-13(17)18)23(20,21)15(2)3/h4-5,9,11H,6-8,10H2,1-3H3/t11-/m0/s1. The average molecular weight is 343 g/mol. The normalized spacial score (nSPS) is 19.1. The van der Waals surface area contributed by atoms with E-state index in [9.17, 15) is 18.0 Å². The van der Waals surface area contributed by atoms with Gasteiger partial charge in [-0.2, -0.15) is 0 Å². The number of carbonyl (C=O) groups is 1. The van der Waals surface area contributed by atoms with Crippen LogP contribution in [-0.4, -0.2) is 68.0 Å². The summed E-state index contributed by atoms with van der Waals surface area (Å²) in [6.45, 7) is 3.06. The number of morpholine rings is 1. The molecule has 0 bridgehead atoms. The summed E-state index contributed by atoms with van der Waals surface area (Å²) in [6, 6.07) is 2.40. The van der Waals surface area contributed by atoms with Crippen LogP contribution < -0.4 is 5.56 Å². The second kappa shape index (κ2) is 6.81. The van der Waals surface area contributed by atoms with Crippen LogP contribution in [0, 0.1) is 0 Å². The number of hydrogen-bond donors (Lipinski definition) is 0. The van der Waals surface area contributed by atoms with E-state index in [0.717, 1.165) is 14.9 Å². The lowest BCUT2D eigenvalue weighted by Crippen LogP contribution is -2.46. The van der Waals surface area contributed by atoms with Crippen molar-refractivity contribution in [2.75, 3.05) is 33.8 Å². The molecule has 0 aromatic carbocycles. The fourth-order valence-electron chi connectivity index (χ4n) is 2.29. The molecule has 8 nitrogen and oxygen atoms in total. The molecule has 0 saturated carbocycles. The first kappa shape index (κ1) is 17.6. The zero-order valence-corrected chi connectivity index (χ0v) is 14.2. The van der Waals surface area contributed by atoms with Gasteiger partial charge >= 0.3 is 0 Å². The van der Waals surface area contributed by atoms with Gasteiger partial charge in [0.25, 0.3) is 5.56 Å². The Morgan fingerprint density at radius 3 is 2.70 bits per heavy atom. The molecular weight excluding hydrogens is 322 g/mol. The third kappa shape index (κ3) is 3.98. The molecule has 1 aliphatic heterocycles. The zero-order chi connectivity index (χ0) is 17.2. The first-order valence-electron chi connectivity index (χ1n) is 7.24. The lowest BCUT2D eigenvalue weighted by molar-refractivity contribution is -0.138. The molecule has 23 heavy (non-hydrogen) atoms. The Morgan fingerprint density at radius 2 is 2.09 bits per heavy atom. The molecule has 1 amide bonds. The number of sulfonamides is 1. The van der Waals surface area contributed by atoms with E-state index in [1.807, 2.05) is 6.92 Å². The summed E-state index contributed by atoms with van der Waals surface area (Å²) in [4.78, 5) is 25.8. The topological polar surface area (TPSA) is 88.9 Å². The minimum absolute atomic E-state index is 0.0229. The van der Waals surface area contributed by atoms with Crippen LogP contribution in [0.2, 0.25) is 0 Å². The van der Waals surface area contributed by atoms with Crippen molar-refractivity contribution in [1.29, 1.82) is 0 Å². The van der Waals surface area contributed by atoms with Crippen molar-refractivity contribution in [3.8, 4) is 0 Å². The maximum atomic E-state index is 12.3. The van der Waals surface area contributed by atoms with Gasteiger partial charge in [-0.05, 0) is 13.0 Å². The minimum atomic E-state index is -3.66. The number of pyridine rings is 1. The molecule has 9 heteroatoms. The highest BCUT2D eigenvalue weighted by molar-refractivity contribution is 7.89. The highest BCUT2D eigenvalue weighted by Crippen LogP contribution is 2.11. The summed E-state index contributed by atoms with van der Waals surface area (Å²) in [6.07, 6.45) is 1.16. The van der Waals surface area contributed by atoms with E-state index < -0.39 is 15.6 Å². The maximum absolute atomic E-state index is 12.3. The van der Waals surface area contributed by atoms with E-state index in [4.69, 9.17) is 4.74 Å². The van der Waals surface area contributed by atoms with Gasteiger partial charge in [-0.15, -0.1) is 0 Å². The molecule has 1 aromatic heterocycles. The fraction of sp³-hybridized carbons (Fsp3) is 0.571. The van der Waals surface area contributed by atoms with Crippen molar-refractivity contribution in [3.63, 3.8) is 0 Å². The number of amides is 1. The van der Waals surface area contributed by atoms with Gasteiger partial charge in [0.2, 0.25) is 15.9 Å². The molecule has 2 heterocycles. The Labute approximate surface area is 135 Å². The molecule has 2 rings (SSSR count). The Kier molecular flexibility index (Phi) is 5.23. The molecular formula is C14H21N3O5S. The minimum Gasteiger partial charge on any atom is -0.375 e. The van der Waals surface area contributed by atoms with Gasteiger partial charge in [-0.1, -0.05) is 0 Å². The van der Waals surface area contributed by atoms with Gasteiger partial charge in [-0.3, -0.25) is 9.59 Å².